The van der Waals surface area contributed by atoms with Gasteiger partial charge >= 0.3 is 0 Å². The van der Waals surface area contributed by atoms with Crippen molar-refractivity contribution in [3.8, 4) is 0 Å². The second-order valence-corrected chi connectivity index (χ2v) is 13.7. The molecule has 0 bridgehead atoms. The van der Waals surface area contributed by atoms with Gasteiger partial charge in [0.25, 0.3) is 0 Å². The third-order valence-corrected chi connectivity index (χ3v) is 8.03. The van der Waals surface area contributed by atoms with Crippen LogP contribution >= 0.6 is 0 Å². The van der Waals surface area contributed by atoms with E-state index in [0.717, 1.165) is 22.9 Å². The van der Waals surface area contributed by atoms with Crippen molar-refractivity contribution in [2.45, 2.75) is 72.0 Å². The molecule has 0 spiro atoms. The van der Waals surface area contributed by atoms with Crippen molar-refractivity contribution in [1.29, 1.82) is 0 Å². The van der Waals surface area contributed by atoms with Crippen LogP contribution in [-0.2, 0) is 32.6 Å². The molecule has 226 valence electrons. The predicted molar refractivity (Wildman–Crippen MR) is 166 cm³/mol. The Bertz CT molecular complexity index is 1490. The van der Waals surface area contributed by atoms with Crippen LogP contribution in [0.15, 0.2) is 72.8 Å². The quantitative estimate of drug-likeness (QED) is 0.298. The van der Waals surface area contributed by atoms with Crippen LogP contribution < -0.4 is 9.62 Å². The van der Waals surface area contributed by atoms with Crippen LogP contribution in [-0.4, -0.2) is 49.5 Å². The second kappa shape index (κ2) is 14.0. The number of anilines is 1. The maximum Gasteiger partial charge on any atom is 0.243 e. The molecule has 7 nitrogen and oxygen atoms in total. The summed E-state index contributed by atoms with van der Waals surface area (Å²) in [7, 11) is -3.63. The smallest absolute Gasteiger partial charge is 0.243 e. The van der Waals surface area contributed by atoms with Gasteiger partial charge in [-0.3, -0.25) is 13.9 Å². The zero-order valence-electron chi connectivity index (χ0n) is 25.4. The molecule has 1 N–H and O–H groups in total. The minimum Gasteiger partial charge on any atom is -0.350 e. The van der Waals surface area contributed by atoms with E-state index >= 15 is 0 Å². The molecule has 0 heterocycles. The van der Waals surface area contributed by atoms with E-state index in [0.29, 0.717) is 11.3 Å². The first-order chi connectivity index (χ1) is 19.7. The molecule has 0 aliphatic rings. The van der Waals surface area contributed by atoms with Crippen LogP contribution in [0.5, 0.6) is 0 Å². The lowest BCUT2D eigenvalue weighted by atomic mass is 10.00. The molecule has 0 fully saturated rings. The number of carbonyl (C=O) groups is 2. The molecule has 9 heteroatoms. The van der Waals surface area contributed by atoms with Crippen molar-refractivity contribution in [3.05, 3.63) is 101 Å². The van der Waals surface area contributed by atoms with Crippen molar-refractivity contribution in [1.82, 2.24) is 10.2 Å². The minimum absolute atomic E-state index is 0.0283. The summed E-state index contributed by atoms with van der Waals surface area (Å²) in [4.78, 5) is 29.0. The van der Waals surface area contributed by atoms with Gasteiger partial charge < -0.3 is 10.2 Å². The Balaban J connectivity index is 1.93. The highest BCUT2D eigenvalue weighted by Crippen LogP contribution is 2.25. The molecule has 3 aromatic carbocycles. The fourth-order valence-corrected chi connectivity index (χ4v) is 5.80. The molecule has 42 heavy (non-hydrogen) atoms. The third kappa shape index (κ3) is 9.41. The Morgan fingerprint density at radius 3 is 2.21 bits per heavy atom. The summed E-state index contributed by atoms with van der Waals surface area (Å²) in [6.45, 7) is 9.30. The highest BCUT2D eigenvalue weighted by molar-refractivity contribution is 7.92. The van der Waals surface area contributed by atoms with Crippen LogP contribution in [0.4, 0.5) is 10.1 Å². The van der Waals surface area contributed by atoms with Gasteiger partial charge in [-0.25, -0.2) is 12.8 Å². The van der Waals surface area contributed by atoms with Gasteiger partial charge in [0.15, 0.2) is 0 Å². The van der Waals surface area contributed by atoms with E-state index in [1.165, 1.54) is 15.3 Å². The van der Waals surface area contributed by atoms with E-state index in [1.807, 2.05) is 83.1 Å². The average molecular weight is 596 g/mol. The molecule has 1 atom stereocenters. The van der Waals surface area contributed by atoms with E-state index in [9.17, 15) is 22.4 Å². The van der Waals surface area contributed by atoms with Crippen molar-refractivity contribution in [2.24, 2.45) is 0 Å². The Morgan fingerprint density at radius 2 is 1.60 bits per heavy atom. The van der Waals surface area contributed by atoms with E-state index in [1.54, 1.807) is 18.2 Å². The number of aryl methyl sites for hydroxylation is 2. The molecule has 0 saturated carbocycles. The summed E-state index contributed by atoms with van der Waals surface area (Å²) in [6, 6.07) is 20.3. The van der Waals surface area contributed by atoms with Gasteiger partial charge in [-0.1, -0.05) is 60.7 Å². The van der Waals surface area contributed by atoms with Crippen LogP contribution in [0.3, 0.4) is 0 Å². The summed E-state index contributed by atoms with van der Waals surface area (Å²) in [5, 5.41) is 2.99. The molecule has 0 saturated heterocycles. The van der Waals surface area contributed by atoms with Crippen LogP contribution in [0.1, 0.15) is 55.9 Å². The van der Waals surface area contributed by atoms with Crippen LogP contribution in [0.25, 0.3) is 0 Å². The van der Waals surface area contributed by atoms with E-state index in [4.69, 9.17) is 0 Å². The molecule has 2 amide bonds. The molecule has 0 aliphatic carbocycles. The van der Waals surface area contributed by atoms with Gasteiger partial charge in [0, 0.05) is 37.0 Å². The summed E-state index contributed by atoms with van der Waals surface area (Å²) in [6.07, 6.45) is 1.57. The summed E-state index contributed by atoms with van der Waals surface area (Å²) < 4.78 is 41.6. The molecule has 3 aromatic rings. The number of nitrogens with zero attached hydrogens (tertiary/aromatic N) is 2. The first-order valence-corrected chi connectivity index (χ1v) is 15.9. The van der Waals surface area contributed by atoms with Gasteiger partial charge in [0.1, 0.15) is 11.9 Å². The van der Waals surface area contributed by atoms with Crippen molar-refractivity contribution in [3.63, 3.8) is 0 Å². The second-order valence-electron chi connectivity index (χ2n) is 11.8. The van der Waals surface area contributed by atoms with E-state index in [2.05, 4.69) is 5.32 Å². The van der Waals surface area contributed by atoms with E-state index in [-0.39, 0.29) is 44.2 Å². The molecule has 0 aromatic heterocycles. The minimum atomic E-state index is -3.63. The molecular formula is C33H42FN3O4S. The fraction of sp³-hybridized carbons (Fsp3) is 0.394. The van der Waals surface area contributed by atoms with Crippen molar-refractivity contribution in [2.75, 3.05) is 17.1 Å². The van der Waals surface area contributed by atoms with Gasteiger partial charge in [0.05, 0.1) is 11.9 Å². The van der Waals surface area contributed by atoms with Gasteiger partial charge in [-0.05, 0) is 69.9 Å². The highest BCUT2D eigenvalue weighted by atomic mass is 32.2. The lowest BCUT2D eigenvalue weighted by Crippen LogP contribution is -2.54. The number of rotatable bonds is 12. The van der Waals surface area contributed by atoms with Crippen LogP contribution in [0.2, 0.25) is 0 Å². The normalized spacial score (nSPS) is 12.5. The van der Waals surface area contributed by atoms with Gasteiger partial charge in [-0.15, -0.1) is 0 Å². The lowest BCUT2D eigenvalue weighted by Gasteiger charge is -2.34. The summed E-state index contributed by atoms with van der Waals surface area (Å²) >= 11 is 0. The predicted octanol–water partition coefficient (Wildman–Crippen LogP) is 5.54. The SMILES string of the molecule is Cc1ccc(C)c(N(CCCC(=O)N(Cc2ccccc2F)[C@@H](Cc2ccccc2)C(=O)NC(C)(C)C)S(C)(=O)=O)c1. The first-order valence-electron chi connectivity index (χ1n) is 14.1. The Hall–Kier alpha value is -3.72. The lowest BCUT2D eigenvalue weighted by molar-refractivity contribution is -0.142. The standard InChI is InChI=1S/C33H42FN3O4S/c1-24-18-19-25(2)29(21-24)37(42(6,40)41)20-12-17-31(38)36(23-27-15-10-11-16-28(27)34)30(32(39)35-33(3,4)5)22-26-13-8-7-9-14-26/h7-11,13-16,18-19,21,30H,12,17,20,22-23H2,1-6H3,(H,35,39)/t30-/m0/s1. The Labute approximate surface area is 249 Å². The number of amides is 2. The van der Waals surface area contributed by atoms with Crippen molar-refractivity contribution >= 4 is 27.5 Å². The van der Waals surface area contributed by atoms with E-state index < -0.39 is 27.4 Å². The highest BCUT2D eigenvalue weighted by Gasteiger charge is 2.32. The largest absolute Gasteiger partial charge is 0.350 e. The number of hydrogen-bond acceptors (Lipinski definition) is 4. The molecule has 0 aliphatic heterocycles. The van der Waals surface area contributed by atoms with Crippen LogP contribution in [0, 0.1) is 19.7 Å². The zero-order chi connectivity index (χ0) is 31.1. The maximum absolute atomic E-state index is 14.8. The topological polar surface area (TPSA) is 86.8 Å². The average Bonchev–Trinajstić information content (AvgIpc) is 2.90. The Morgan fingerprint density at radius 1 is 0.952 bits per heavy atom. The number of nitrogens with one attached hydrogen (secondary N) is 1. The van der Waals surface area contributed by atoms with Gasteiger partial charge in [0.2, 0.25) is 21.8 Å². The number of benzene rings is 3. The first kappa shape index (κ1) is 32.8. The molecule has 3 rings (SSSR count). The monoisotopic (exact) mass is 595 g/mol. The Kier molecular flexibility index (Phi) is 10.9. The third-order valence-electron chi connectivity index (χ3n) is 6.85. The number of sulfonamides is 1. The summed E-state index contributed by atoms with van der Waals surface area (Å²) in [5.41, 5.74) is 2.89. The zero-order valence-corrected chi connectivity index (χ0v) is 26.2. The number of halogens is 1. The van der Waals surface area contributed by atoms with Gasteiger partial charge in [-0.2, -0.15) is 0 Å². The molecule has 0 radical (unpaired) electrons. The van der Waals surface area contributed by atoms with Crippen molar-refractivity contribution < 1.29 is 22.4 Å². The molecule has 0 unspecified atom stereocenters. The number of hydrogen-bond donors (Lipinski definition) is 1. The number of carbonyl (C=O) groups excluding carboxylic acids is 2. The summed E-state index contributed by atoms with van der Waals surface area (Å²) in [5.74, 6) is -1.18. The fourth-order valence-electron chi connectivity index (χ4n) is 4.79. The molecular weight excluding hydrogens is 553 g/mol. The maximum atomic E-state index is 14.8.